The number of nitrogens with zero attached hydrogens (tertiary/aromatic N) is 2. The van der Waals surface area contributed by atoms with E-state index in [9.17, 15) is 0 Å². The Balaban J connectivity index is 1.40. The molecule has 302 valence electrons. The summed E-state index contributed by atoms with van der Waals surface area (Å²) in [7, 11) is 0. The Bertz CT molecular complexity index is 2910. The molecule has 0 N–H and O–H groups in total. The fraction of sp³-hybridized carbons (Fsp3) is 0.133. The molecule has 0 fully saturated rings. The molecule has 0 saturated carbocycles. The lowest BCUT2D eigenvalue weighted by Crippen LogP contribution is -2.13. The Morgan fingerprint density at radius 3 is 0.790 bits per heavy atom. The molecule has 0 bridgehead atoms. The molecule has 0 radical (unpaired) electrons. The molecule has 10 aromatic carbocycles. The third kappa shape index (κ3) is 6.96. The van der Waals surface area contributed by atoms with Crippen LogP contribution in [-0.2, 0) is 0 Å². The van der Waals surface area contributed by atoms with Crippen molar-refractivity contribution in [1.82, 2.24) is 0 Å². The van der Waals surface area contributed by atoms with Crippen molar-refractivity contribution in [3.05, 3.63) is 214 Å². The predicted molar refractivity (Wildman–Crippen MR) is 268 cm³/mol. The molecule has 0 aliphatic rings. The van der Waals surface area contributed by atoms with Crippen LogP contribution in [0, 0.1) is 55.4 Å². The van der Waals surface area contributed by atoms with Gasteiger partial charge < -0.3 is 9.80 Å². The van der Waals surface area contributed by atoms with Crippen molar-refractivity contribution >= 4 is 66.4 Å². The highest BCUT2D eigenvalue weighted by Crippen LogP contribution is 2.52. The SMILES string of the molecule is Cc1cc(C)cc(N(c2cc(C)cc(C)c2)c2cc(-c3ccccc3)c3ccc4c(N(c5cc(C)cc(C)c5)c5cc(C)cc(C)c5)cc(-c5ccccc5)c5ccc2c3c54)c1. The highest BCUT2D eigenvalue weighted by molar-refractivity contribution is 6.32. The zero-order valence-corrected chi connectivity index (χ0v) is 37.1. The maximum Gasteiger partial charge on any atom is 0.0546 e. The predicted octanol–water partition coefficient (Wildman–Crippen LogP) is 17.3. The molecule has 0 spiro atoms. The summed E-state index contributed by atoms with van der Waals surface area (Å²) in [5.41, 5.74) is 21.7. The molecule has 0 saturated heterocycles. The minimum Gasteiger partial charge on any atom is -0.310 e. The van der Waals surface area contributed by atoms with Gasteiger partial charge in [-0.1, -0.05) is 109 Å². The van der Waals surface area contributed by atoms with Crippen molar-refractivity contribution < 1.29 is 0 Å². The Kier molecular flexibility index (Phi) is 9.68. The average Bonchev–Trinajstić information content (AvgIpc) is 3.23. The van der Waals surface area contributed by atoms with E-state index >= 15 is 0 Å². The van der Waals surface area contributed by atoms with Crippen molar-refractivity contribution in [3.8, 4) is 22.3 Å². The van der Waals surface area contributed by atoms with Crippen molar-refractivity contribution in [2.45, 2.75) is 55.4 Å². The van der Waals surface area contributed by atoms with Crippen LogP contribution in [-0.4, -0.2) is 0 Å². The molecule has 0 aromatic heterocycles. The maximum absolute atomic E-state index is 2.51. The van der Waals surface area contributed by atoms with Crippen LogP contribution in [0.3, 0.4) is 0 Å². The second-order valence-electron chi connectivity index (χ2n) is 17.7. The summed E-state index contributed by atoms with van der Waals surface area (Å²) in [5, 5.41) is 7.47. The topological polar surface area (TPSA) is 6.48 Å². The van der Waals surface area contributed by atoms with Crippen LogP contribution in [0.4, 0.5) is 34.1 Å². The normalized spacial score (nSPS) is 11.5. The number of hydrogen-bond acceptors (Lipinski definition) is 2. The lowest BCUT2D eigenvalue weighted by molar-refractivity contribution is 1.24. The molecule has 0 atom stereocenters. The molecule has 2 heteroatoms. The Hall–Kier alpha value is -7.16. The van der Waals surface area contributed by atoms with E-state index in [0.717, 1.165) is 34.1 Å². The first-order valence-electron chi connectivity index (χ1n) is 21.8. The number of benzene rings is 10. The summed E-state index contributed by atoms with van der Waals surface area (Å²) >= 11 is 0. The molecular formula is C60H52N2. The van der Waals surface area contributed by atoms with Gasteiger partial charge in [0.15, 0.2) is 0 Å². The third-order valence-electron chi connectivity index (χ3n) is 12.4. The van der Waals surface area contributed by atoms with Crippen LogP contribution < -0.4 is 9.80 Å². The monoisotopic (exact) mass is 800 g/mol. The van der Waals surface area contributed by atoms with Gasteiger partial charge in [-0.15, -0.1) is 0 Å². The van der Waals surface area contributed by atoms with Gasteiger partial charge in [-0.2, -0.15) is 0 Å². The summed E-state index contributed by atoms with van der Waals surface area (Å²) in [6.07, 6.45) is 0. The molecule has 0 aliphatic carbocycles. The molecule has 0 heterocycles. The molecular weight excluding hydrogens is 749 g/mol. The smallest absolute Gasteiger partial charge is 0.0546 e. The van der Waals surface area contributed by atoms with Gasteiger partial charge in [-0.05, 0) is 194 Å². The third-order valence-corrected chi connectivity index (χ3v) is 12.4. The second-order valence-corrected chi connectivity index (χ2v) is 17.7. The van der Waals surface area contributed by atoms with Gasteiger partial charge in [0.1, 0.15) is 0 Å². The zero-order chi connectivity index (χ0) is 42.8. The Labute approximate surface area is 366 Å². The van der Waals surface area contributed by atoms with Crippen LogP contribution >= 0.6 is 0 Å². The van der Waals surface area contributed by atoms with E-state index in [1.807, 2.05) is 0 Å². The molecule has 62 heavy (non-hydrogen) atoms. The maximum atomic E-state index is 2.51. The van der Waals surface area contributed by atoms with Crippen LogP contribution in [0.1, 0.15) is 44.5 Å². The summed E-state index contributed by atoms with van der Waals surface area (Å²) < 4.78 is 0. The molecule has 0 unspecified atom stereocenters. The highest BCUT2D eigenvalue weighted by atomic mass is 15.2. The summed E-state index contributed by atoms with van der Waals surface area (Å²) in [5.74, 6) is 0. The summed E-state index contributed by atoms with van der Waals surface area (Å²) in [6, 6.07) is 64.1. The van der Waals surface area contributed by atoms with E-state index in [1.165, 1.54) is 99.1 Å². The fourth-order valence-corrected chi connectivity index (χ4v) is 10.2. The minimum absolute atomic E-state index is 1.16. The first kappa shape index (κ1) is 39.0. The van der Waals surface area contributed by atoms with Gasteiger partial charge in [0, 0.05) is 44.3 Å². The van der Waals surface area contributed by atoms with Gasteiger partial charge in [-0.25, -0.2) is 0 Å². The van der Waals surface area contributed by atoms with Crippen LogP contribution in [0.15, 0.2) is 170 Å². The Morgan fingerprint density at radius 2 is 0.516 bits per heavy atom. The van der Waals surface area contributed by atoms with Gasteiger partial charge in [0.05, 0.1) is 11.4 Å². The summed E-state index contributed by atoms with van der Waals surface area (Å²) in [6.45, 7) is 17.7. The number of rotatable bonds is 8. The number of hydrogen-bond donors (Lipinski definition) is 0. The van der Waals surface area contributed by atoms with E-state index in [4.69, 9.17) is 0 Å². The van der Waals surface area contributed by atoms with Crippen molar-refractivity contribution in [2.24, 2.45) is 0 Å². The summed E-state index contributed by atoms with van der Waals surface area (Å²) in [4.78, 5) is 5.02. The fourth-order valence-electron chi connectivity index (χ4n) is 10.2. The second kappa shape index (κ2) is 15.4. The van der Waals surface area contributed by atoms with Gasteiger partial charge in [-0.3, -0.25) is 0 Å². The molecule has 2 nitrogen and oxygen atoms in total. The lowest BCUT2D eigenvalue weighted by atomic mass is 9.85. The van der Waals surface area contributed by atoms with Crippen LogP contribution in [0.2, 0.25) is 0 Å². The van der Waals surface area contributed by atoms with Crippen molar-refractivity contribution in [3.63, 3.8) is 0 Å². The lowest BCUT2D eigenvalue weighted by Gasteiger charge is -2.32. The Morgan fingerprint density at radius 1 is 0.258 bits per heavy atom. The zero-order valence-electron chi connectivity index (χ0n) is 37.1. The van der Waals surface area contributed by atoms with Crippen molar-refractivity contribution in [2.75, 3.05) is 9.80 Å². The molecule has 0 aliphatic heterocycles. The van der Waals surface area contributed by atoms with E-state index in [-0.39, 0.29) is 0 Å². The number of aryl methyl sites for hydroxylation is 8. The largest absolute Gasteiger partial charge is 0.310 e. The van der Waals surface area contributed by atoms with E-state index < -0.39 is 0 Å². The van der Waals surface area contributed by atoms with Crippen LogP contribution in [0.25, 0.3) is 54.6 Å². The number of anilines is 6. The van der Waals surface area contributed by atoms with Gasteiger partial charge in [0.25, 0.3) is 0 Å². The van der Waals surface area contributed by atoms with E-state index in [1.54, 1.807) is 0 Å². The van der Waals surface area contributed by atoms with Crippen LogP contribution in [0.5, 0.6) is 0 Å². The first-order chi connectivity index (χ1) is 30.0. The minimum atomic E-state index is 1.16. The first-order valence-corrected chi connectivity index (χ1v) is 21.8. The quantitative estimate of drug-likeness (QED) is 0.141. The standard InChI is InChI=1S/C60H52N2/c1-37-23-38(2)28-47(27-37)61(48-29-39(3)24-40(4)30-48)57-35-55(45-15-11-9-12-16-45)51-20-22-54-58(36-56(46-17-13-10-14-18-46)52-19-21-53(57)59(51)60(52)54)62(49-31-41(5)25-42(6)32-49)50-33-43(7)26-44(8)34-50/h9-36H,1-8H3. The van der Waals surface area contributed by atoms with E-state index in [2.05, 4.69) is 235 Å². The van der Waals surface area contributed by atoms with Gasteiger partial charge in [0.2, 0.25) is 0 Å². The van der Waals surface area contributed by atoms with Gasteiger partial charge >= 0.3 is 0 Å². The van der Waals surface area contributed by atoms with E-state index in [0.29, 0.717) is 0 Å². The average molecular weight is 801 g/mol. The highest BCUT2D eigenvalue weighted by Gasteiger charge is 2.26. The molecule has 0 amide bonds. The van der Waals surface area contributed by atoms with Crippen molar-refractivity contribution in [1.29, 1.82) is 0 Å². The molecule has 10 aromatic rings. The molecule has 10 rings (SSSR count).